The molecule has 4 nitrogen and oxygen atoms in total. The summed E-state index contributed by atoms with van der Waals surface area (Å²) >= 11 is 0. The van der Waals surface area contributed by atoms with E-state index in [0.29, 0.717) is 5.69 Å². The standard InChI is InChI=1S/C18H19N3O/c1-12(2)21-18(22)17(19-3)16(11-20-21)15-10-6-8-13-7-4-5-9-14(13)15/h4-12,19H,1-3H3. The van der Waals surface area contributed by atoms with Gasteiger partial charge in [0.05, 0.1) is 12.2 Å². The molecule has 1 N–H and O–H groups in total. The Bertz CT molecular complexity index is 876. The summed E-state index contributed by atoms with van der Waals surface area (Å²) in [5, 5.41) is 9.65. The van der Waals surface area contributed by atoms with Crippen LogP contribution in [0, 0.1) is 0 Å². The Morgan fingerprint density at radius 3 is 2.50 bits per heavy atom. The van der Waals surface area contributed by atoms with E-state index in [9.17, 15) is 4.79 Å². The van der Waals surface area contributed by atoms with Gasteiger partial charge in [-0.1, -0.05) is 42.5 Å². The zero-order chi connectivity index (χ0) is 15.7. The van der Waals surface area contributed by atoms with E-state index >= 15 is 0 Å². The summed E-state index contributed by atoms with van der Waals surface area (Å²) in [7, 11) is 1.77. The largest absolute Gasteiger partial charge is 0.383 e. The van der Waals surface area contributed by atoms with Crippen molar-refractivity contribution in [3.63, 3.8) is 0 Å². The minimum atomic E-state index is -0.0945. The monoisotopic (exact) mass is 293 g/mol. The first kappa shape index (κ1) is 14.3. The SMILES string of the molecule is CNc1c(-c2cccc3ccccc23)cnn(C(C)C)c1=O. The Hall–Kier alpha value is -2.62. The quantitative estimate of drug-likeness (QED) is 0.801. The fourth-order valence-corrected chi connectivity index (χ4v) is 2.74. The van der Waals surface area contributed by atoms with Gasteiger partial charge in [0.2, 0.25) is 0 Å². The van der Waals surface area contributed by atoms with Gasteiger partial charge in [0.15, 0.2) is 0 Å². The average Bonchev–Trinajstić information content (AvgIpc) is 2.53. The summed E-state index contributed by atoms with van der Waals surface area (Å²) < 4.78 is 1.50. The number of hydrogen-bond acceptors (Lipinski definition) is 3. The van der Waals surface area contributed by atoms with Crippen LogP contribution in [0.3, 0.4) is 0 Å². The van der Waals surface area contributed by atoms with Gasteiger partial charge in [-0.15, -0.1) is 0 Å². The Balaban J connectivity index is 2.32. The van der Waals surface area contributed by atoms with Gasteiger partial charge in [0, 0.05) is 12.6 Å². The molecule has 0 saturated heterocycles. The molecule has 2 aromatic carbocycles. The van der Waals surface area contributed by atoms with Gasteiger partial charge in [-0.05, 0) is 30.2 Å². The number of aromatic nitrogens is 2. The maximum atomic E-state index is 12.6. The summed E-state index contributed by atoms with van der Waals surface area (Å²) in [6.07, 6.45) is 1.77. The molecular weight excluding hydrogens is 274 g/mol. The van der Waals surface area contributed by atoms with Gasteiger partial charge < -0.3 is 5.32 Å². The molecule has 0 unspecified atom stereocenters. The topological polar surface area (TPSA) is 46.9 Å². The maximum absolute atomic E-state index is 12.6. The van der Waals surface area contributed by atoms with E-state index in [1.807, 2.05) is 38.1 Å². The van der Waals surface area contributed by atoms with Crippen LogP contribution in [0.15, 0.2) is 53.5 Å². The number of rotatable bonds is 3. The molecular formula is C18H19N3O. The van der Waals surface area contributed by atoms with Crippen LogP contribution in [0.5, 0.6) is 0 Å². The van der Waals surface area contributed by atoms with Crippen LogP contribution >= 0.6 is 0 Å². The van der Waals surface area contributed by atoms with Crippen molar-refractivity contribution in [3.05, 3.63) is 59.0 Å². The third-order valence-corrected chi connectivity index (χ3v) is 3.82. The number of nitrogens with zero attached hydrogens (tertiary/aromatic N) is 2. The lowest BCUT2D eigenvalue weighted by molar-refractivity contribution is 0.504. The lowest BCUT2D eigenvalue weighted by Crippen LogP contribution is -2.27. The molecule has 0 fully saturated rings. The molecule has 22 heavy (non-hydrogen) atoms. The van der Waals surface area contributed by atoms with Crippen molar-refractivity contribution in [1.82, 2.24) is 9.78 Å². The highest BCUT2D eigenvalue weighted by atomic mass is 16.1. The Morgan fingerprint density at radius 2 is 1.77 bits per heavy atom. The lowest BCUT2D eigenvalue weighted by atomic mass is 9.99. The molecule has 3 rings (SSSR count). The molecule has 0 atom stereocenters. The zero-order valence-corrected chi connectivity index (χ0v) is 13.0. The van der Waals surface area contributed by atoms with Crippen molar-refractivity contribution in [1.29, 1.82) is 0 Å². The molecule has 112 valence electrons. The highest BCUT2D eigenvalue weighted by Crippen LogP contribution is 2.31. The molecule has 1 aromatic heterocycles. The molecule has 0 aliphatic heterocycles. The van der Waals surface area contributed by atoms with Crippen molar-refractivity contribution in [2.75, 3.05) is 12.4 Å². The molecule has 0 bridgehead atoms. The summed E-state index contributed by atoms with van der Waals surface area (Å²) in [6.45, 7) is 3.90. The predicted octanol–water partition coefficient (Wildman–Crippen LogP) is 3.69. The van der Waals surface area contributed by atoms with Gasteiger partial charge in [-0.3, -0.25) is 4.79 Å². The summed E-state index contributed by atoms with van der Waals surface area (Å²) in [5.41, 5.74) is 2.34. The molecule has 0 radical (unpaired) electrons. The zero-order valence-electron chi connectivity index (χ0n) is 13.0. The van der Waals surface area contributed by atoms with E-state index in [2.05, 4.69) is 28.6 Å². The van der Waals surface area contributed by atoms with E-state index in [0.717, 1.165) is 21.9 Å². The normalized spacial score (nSPS) is 11.1. The molecule has 0 aliphatic carbocycles. The van der Waals surface area contributed by atoms with Crippen LogP contribution in [0.4, 0.5) is 5.69 Å². The number of nitrogens with one attached hydrogen (secondary N) is 1. The van der Waals surface area contributed by atoms with Crippen LogP contribution < -0.4 is 10.9 Å². The van der Waals surface area contributed by atoms with Gasteiger partial charge in [-0.2, -0.15) is 5.10 Å². The first-order valence-corrected chi connectivity index (χ1v) is 7.41. The second-order valence-electron chi connectivity index (χ2n) is 5.55. The van der Waals surface area contributed by atoms with Gasteiger partial charge in [0.25, 0.3) is 5.56 Å². The summed E-state index contributed by atoms with van der Waals surface area (Å²) in [5.74, 6) is 0. The predicted molar refractivity (Wildman–Crippen MR) is 91.4 cm³/mol. The fourth-order valence-electron chi connectivity index (χ4n) is 2.74. The minimum Gasteiger partial charge on any atom is -0.383 e. The molecule has 4 heteroatoms. The third-order valence-electron chi connectivity index (χ3n) is 3.82. The van der Waals surface area contributed by atoms with Crippen LogP contribution in [-0.2, 0) is 0 Å². The first-order valence-electron chi connectivity index (χ1n) is 7.41. The van der Waals surface area contributed by atoms with Crippen LogP contribution in [0.1, 0.15) is 19.9 Å². The van der Waals surface area contributed by atoms with Crippen molar-refractivity contribution in [2.24, 2.45) is 0 Å². The Morgan fingerprint density at radius 1 is 1.05 bits per heavy atom. The van der Waals surface area contributed by atoms with Crippen molar-refractivity contribution < 1.29 is 0 Å². The number of fused-ring (bicyclic) bond motifs is 1. The second kappa shape index (κ2) is 5.64. The highest BCUT2D eigenvalue weighted by Gasteiger charge is 2.14. The molecule has 0 spiro atoms. The number of benzene rings is 2. The van der Waals surface area contributed by atoms with E-state index in [1.165, 1.54) is 4.68 Å². The first-order chi connectivity index (χ1) is 10.6. The van der Waals surface area contributed by atoms with Crippen LogP contribution in [0.2, 0.25) is 0 Å². The smallest absolute Gasteiger partial charge is 0.290 e. The fraction of sp³-hybridized carbons (Fsp3) is 0.222. The molecule has 3 aromatic rings. The van der Waals surface area contributed by atoms with Crippen molar-refractivity contribution in [3.8, 4) is 11.1 Å². The molecule has 0 saturated carbocycles. The summed E-state index contributed by atoms with van der Waals surface area (Å²) in [4.78, 5) is 12.6. The van der Waals surface area contributed by atoms with E-state index in [1.54, 1.807) is 13.2 Å². The number of anilines is 1. The van der Waals surface area contributed by atoms with Crippen molar-refractivity contribution in [2.45, 2.75) is 19.9 Å². The Kier molecular flexibility index (Phi) is 3.67. The van der Waals surface area contributed by atoms with E-state index < -0.39 is 0 Å². The third kappa shape index (κ3) is 2.26. The Labute approximate surface area is 129 Å². The number of hydrogen-bond donors (Lipinski definition) is 1. The summed E-state index contributed by atoms with van der Waals surface area (Å²) in [6, 6.07) is 14.3. The van der Waals surface area contributed by atoms with Crippen LogP contribution in [0.25, 0.3) is 21.9 Å². The van der Waals surface area contributed by atoms with Crippen molar-refractivity contribution >= 4 is 16.5 Å². The van der Waals surface area contributed by atoms with E-state index in [-0.39, 0.29) is 11.6 Å². The molecule has 0 amide bonds. The minimum absolute atomic E-state index is 0.0289. The second-order valence-corrected chi connectivity index (χ2v) is 5.55. The van der Waals surface area contributed by atoms with Gasteiger partial charge in [-0.25, -0.2) is 4.68 Å². The highest BCUT2D eigenvalue weighted by molar-refractivity contribution is 5.99. The molecule has 1 heterocycles. The van der Waals surface area contributed by atoms with E-state index in [4.69, 9.17) is 0 Å². The van der Waals surface area contributed by atoms with Gasteiger partial charge in [0.1, 0.15) is 5.69 Å². The molecule has 0 aliphatic rings. The van der Waals surface area contributed by atoms with Crippen LogP contribution in [-0.4, -0.2) is 16.8 Å². The maximum Gasteiger partial charge on any atom is 0.290 e. The average molecular weight is 293 g/mol. The lowest BCUT2D eigenvalue weighted by Gasteiger charge is -2.15. The van der Waals surface area contributed by atoms with Gasteiger partial charge >= 0.3 is 0 Å².